The van der Waals surface area contributed by atoms with Gasteiger partial charge in [-0.1, -0.05) is 26.0 Å². The smallest absolute Gasteiger partial charge is 0.251 e. The Morgan fingerprint density at radius 2 is 2.13 bits per heavy atom. The van der Waals surface area contributed by atoms with Gasteiger partial charge in [-0.15, -0.1) is 6.58 Å². The molecule has 1 amide bonds. The molecule has 1 unspecified atom stereocenters. The number of hydrogen-bond acceptors (Lipinski definition) is 6. The molecule has 0 radical (unpaired) electrons. The number of rotatable bonds is 6. The molecular weight excluding hydrogens is 390 g/mol. The normalized spacial score (nSPS) is 21.1. The lowest BCUT2D eigenvalue weighted by molar-refractivity contribution is 0.0958. The largest absolute Gasteiger partial charge is 0.349 e. The van der Waals surface area contributed by atoms with Gasteiger partial charge in [-0.25, -0.2) is 9.98 Å². The van der Waals surface area contributed by atoms with Crippen molar-refractivity contribution >= 4 is 23.5 Å². The maximum absolute atomic E-state index is 12.3. The number of amides is 1. The summed E-state index contributed by atoms with van der Waals surface area (Å²) in [5.74, 6) is 1.94. The second-order valence-corrected chi connectivity index (χ2v) is 7.78. The zero-order chi connectivity index (χ0) is 22.2. The van der Waals surface area contributed by atoms with Crippen LogP contribution < -0.4 is 10.6 Å². The first kappa shape index (κ1) is 22.7. The number of amidine groups is 1. The van der Waals surface area contributed by atoms with Gasteiger partial charge < -0.3 is 20.4 Å². The Morgan fingerprint density at radius 3 is 2.81 bits per heavy atom. The van der Waals surface area contributed by atoms with Crippen molar-refractivity contribution in [3.8, 4) is 0 Å². The summed E-state index contributed by atoms with van der Waals surface area (Å²) in [7, 11) is 2.14. The fraction of sp³-hybridized carbons (Fsp3) is 0.478. The van der Waals surface area contributed by atoms with Gasteiger partial charge in [0.15, 0.2) is 5.82 Å². The van der Waals surface area contributed by atoms with E-state index in [1.807, 2.05) is 0 Å². The van der Waals surface area contributed by atoms with Gasteiger partial charge in [0.1, 0.15) is 5.84 Å². The number of allylic oxidation sites excluding steroid dienone is 1. The molecule has 3 heterocycles. The number of carbonyl (C=O) groups excluding carboxylic acids is 1. The van der Waals surface area contributed by atoms with E-state index in [2.05, 4.69) is 59.0 Å². The molecule has 1 aromatic rings. The summed E-state index contributed by atoms with van der Waals surface area (Å²) in [6, 6.07) is 3.38. The van der Waals surface area contributed by atoms with E-state index in [1.54, 1.807) is 24.4 Å². The molecule has 166 valence electrons. The van der Waals surface area contributed by atoms with E-state index < -0.39 is 0 Å². The van der Waals surface area contributed by atoms with Crippen molar-refractivity contribution in [1.82, 2.24) is 25.4 Å². The van der Waals surface area contributed by atoms with Crippen LogP contribution in [0.5, 0.6) is 0 Å². The van der Waals surface area contributed by atoms with Crippen LogP contribution in [0.3, 0.4) is 0 Å². The molecule has 2 aliphatic rings. The van der Waals surface area contributed by atoms with E-state index in [9.17, 15) is 4.79 Å². The fourth-order valence-corrected chi connectivity index (χ4v) is 3.51. The molecule has 8 heteroatoms. The third-order valence-electron chi connectivity index (χ3n) is 5.49. The van der Waals surface area contributed by atoms with Crippen LogP contribution in [-0.2, 0) is 0 Å². The summed E-state index contributed by atoms with van der Waals surface area (Å²) in [5, 5.41) is 6.31. The Balaban J connectivity index is 1.94. The Hall–Kier alpha value is -3.00. The highest BCUT2D eigenvalue weighted by molar-refractivity contribution is 6.01. The highest BCUT2D eigenvalue weighted by Crippen LogP contribution is 2.21. The van der Waals surface area contributed by atoms with Crippen molar-refractivity contribution in [2.24, 2.45) is 15.9 Å². The zero-order valence-corrected chi connectivity index (χ0v) is 18.8. The number of pyridine rings is 1. The lowest BCUT2D eigenvalue weighted by atomic mass is 10.0. The molecule has 0 bridgehead atoms. The summed E-state index contributed by atoms with van der Waals surface area (Å²) in [4.78, 5) is 31.0. The molecule has 2 N–H and O–H groups in total. The van der Waals surface area contributed by atoms with Crippen molar-refractivity contribution in [2.75, 3.05) is 39.8 Å². The standard InChI is InChI=1S/C23H33N7O/c1-5-9-25-22(31)18-8-10-24-20(16-18)27-21-17(6-2)15-19(7-3)26-23(28-21)30-13-11-29(4)12-14-30/h5,8,10,15-17H,1,6-7,9,11-14H2,2-4H3,(H,25,31)(H,24,26,27,28). The van der Waals surface area contributed by atoms with Gasteiger partial charge in [0.25, 0.3) is 5.91 Å². The van der Waals surface area contributed by atoms with E-state index in [1.165, 1.54) is 0 Å². The van der Waals surface area contributed by atoms with Gasteiger partial charge in [0.2, 0.25) is 5.96 Å². The average Bonchev–Trinajstić information content (AvgIpc) is 2.97. The number of likely N-dealkylation sites (N-methyl/N-ethyl adjacent to an activating group) is 1. The quantitative estimate of drug-likeness (QED) is 0.687. The third-order valence-corrected chi connectivity index (χ3v) is 5.49. The minimum atomic E-state index is -0.173. The first-order valence-corrected chi connectivity index (χ1v) is 11.0. The Kier molecular flexibility index (Phi) is 7.94. The topological polar surface area (TPSA) is 85.2 Å². The Morgan fingerprint density at radius 1 is 1.35 bits per heavy atom. The van der Waals surface area contributed by atoms with Crippen LogP contribution in [0.4, 0.5) is 5.82 Å². The van der Waals surface area contributed by atoms with Crippen LogP contribution in [0.15, 0.2) is 52.7 Å². The molecule has 1 aromatic heterocycles. The van der Waals surface area contributed by atoms with E-state index in [0.29, 0.717) is 23.8 Å². The van der Waals surface area contributed by atoms with Gasteiger partial charge in [0.05, 0.1) is 0 Å². The number of nitrogens with zero attached hydrogens (tertiary/aromatic N) is 5. The second kappa shape index (κ2) is 10.9. The molecule has 0 spiro atoms. The lowest BCUT2D eigenvalue weighted by Gasteiger charge is -2.34. The van der Waals surface area contributed by atoms with Crippen LogP contribution in [0.1, 0.15) is 37.0 Å². The maximum Gasteiger partial charge on any atom is 0.251 e. The van der Waals surface area contributed by atoms with Crippen LogP contribution in [0.25, 0.3) is 0 Å². The number of aromatic nitrogens is 1. The lowest BCUT2D eigenvalue weighted by Crippen LogP contribution is -2.51. The second-order valence-electron chi connectivity index (χ2n) is 7.78. The molecule has 2 aliphatic heterocycles. The number of piperazine rings is 1. The maximum atomic E-state index is 12.3. The minimum absolute atomic E-state index is 0.0764. The molecule has 1 atom stereocenters. The van der Waals surface area contributed by atoms with Crippen LogP contribution >= 0.6 is 0 Å². The van der Waals surface area contributed by atoms with Crippen LogP contribution in [0.2, 0.25) is 0 Å². The van der Waals surface area contributed by atoms with Gasteiger partial charge in [0, 0.05) is 56.1 Å². The van der Waals surface area contributed by atoms with Crippen LogP contribution in [0, 0.1) is 5.92 Å². The first-order chi connectivity index (χ1) is 15.0. The molecule has 3 rings (SSSR count). The highest BCUT2D eigenvalue weighted by atomic mass is 16.1. The van der Waals surface area contributed by atoms with E-state index >= 15 is 0 Å². The van der Waals surface area contributed by atoms with E-state index in [-0.39, 0.29) is 11.8 Å². The monoisotopic (exact) mass is 423 g/mol. The predicted octanol–water partition coefficient (Wildman–Crippen LogP) is 2.55. The van der Waals surface area contributed by atoms with Crippen molar-refractivity contribution < 1.29 is 4.79 Å². The third kappa shape index (κ3) is 6.01. The molecule has 0 aromatic carbocycles. The fourth-order valence-electron chi connectivity index (χ4n) is 3.51. The summed E-state index contributed by atoms with van der Waals surface area (Å²) in [5.41, 5.74) is 1.67. The SMILES string of the molecule is C=CCNC(=O)c1ccnc(N=C2N=C(N3CCN(C)CC3)NC(CC)=CC2CC)c1. The highest BCUT2D eigenvalue weighted by Gasteiger charge is 2.24. The number of carbonyl (C=O) groups is 1. The summed E-state index contributed by atoms with van der Waals surface area (Å²) in [6.45, 7) is 12.1. The predicted molar refractivity (Wildman–Crippen MR) is 126 cm³/mol. The van der Waals surface area contributed by atoms with Gasteiger partial charge in [-0.2, -0.15) is 4.99 Å². The van der Waals surface area contributed by atoms with E-state index in [0.717, 1.165) is 50.7 Å². The van der Waals surface area contributed by atoms with Crippen molar-refractivity contribution in [3.05, 3.63) is 48.3 Å². The molecular formula is C23H33N7O. The molecule has 0 saturated carbocycles. The number of aliphatic imine (C=N–C) groups is 2. The zero-order valence-electron chi connectivity index (χ0n) is 18.8. The number of guanidine groups is 1. The van der Waals surface area contributed by atoms with Crippen molar-refractivity contribution in [2.45, 2.75) is 26.7 Å². The molecule has 31 heavy (non-hydrogen) atoms. The average molecular weight is 424 g/mol. The first-order valence-electron chi connectivity index (χ1n) is 11.0. The molecule has 1 fully saturated rings. The van der Waals surface area contributed by atoms with Crippen molar-refractivity contribution in [3.63, 3.8) is 0 Å². The Labute approximate surface area is 184 Å². The van der Waals surface area contributed by atoms with Gasteiger partial charge in [-0.3, -0.25) is 4.79 Å². The number of nitrogens with one attached hydrogen (secondary N) is 2. The van der Waals surface area contributed by atoms with Crippen molar-refractivity contribution in [1.29, 1.82) is 0 Å². The molecule has 8 nitrogen and oxygen atoms in total. The summed E-state index contributed by atoms with van der Waals surface area (Å²) < 4.78 is 0. The van der Waals surface area contributed by atoms with Gasteiger partial charge in [-0.05, 0) is 32.0 Å². The van der Waals surface area contributed by atoms with E-state index in [4.69, 9.17) is 9.98 Å². The van der Waals surface area contributed by atoms with Gasteiger partial charge >= 0.3 is 0 Å². The molecule has 1 saturated heterocycles. The molecule has 0 aliphatic carbocycles. The summed E-state index contributed by atoms with van der Waals surface area (Å²) in [6.07, 6.45) is 7.25. The minimum Gasteiger partial charge on any atom is -0.349 e. The number of hydrogen-bond donors (Lipinski definition) is 2. The van der Waals surface area contributed by atoms with Crippen LogP contribution in [-0.4, -0.2) is 72.3 Å². The Bertz CT molecular complexity index is 882. The summed E-state index contributed by atoms with van der Waals surface area (Å²) >= 11 is 0.